The van der Waals surface area contributed by atoms with E-state index in [1.165, 1.54) is 6.92 Å². The first-order valence-corrected chi connectivity index (χ1v) is 11.2. The second kappa shape index (κ2) is 10.8. The molecule has 0 heterocycles. The molecule has 0 aromatic rings. The fraction of sp³-hybridized carbons (Fsp3) is 0.778. The van der Waals surface area contributed by atoms with Crippen LogP contribution in [0.1, 0.15) is 59.8 Å². The van der Waals surface area contributed by atoms with Gasteiger partial charge in [-0.1, -0.05) is 27.2 Å². The molecule has 8 nitrogen and oxygen atoms in total. The molecule has 1 aliphatic rings. The van der Waals surface area contributed by atoms with Gasteiger partial charge in [-0.25, -0.2) is 13.1 Å². The van der Waals surface area contributed by atoms with Crippen molar-refractivity contribution in [2.24, 2.45) is 5.73 Å². The van der Waals surface area contributed by atoms with Gasteiger partial charge in [0.15, 0.2) is 0 Å². The standard InChI is InChI=1S/C18H33N3O5S/c1-5-8-9-27(24,25)21-18(23)13-10-15(19)17(20-12(4)22)16(11-13)26-14(6-2)7-3/h11,14-17H,5-10,19H2,1-4H3,(H,20,22)(H,21,23)/t15-,16+,17+/m0/s1. The highest BCUT2D eigenvalue weighted by molar-refractivity contribution is 7.90. The molecule has 3 atom stereocenters. The molecular weight excluding hydrogens is 370 g/mol. The van der Waals surface area contributed by atoms with Gasteiger partial charge in [-0.05, 0) is 31.8 Å². The lowest BCUT2D eigenvalue weighted by Gasteiger charge is -2.36. The zero-order chi connectivity index (χ0) is 20.6. The molecule has 27 heavy (non-hydrogen) atoms. The molecule has 4 N–H and O–H groups in total. The molecule has 0 saturated heterocycles. The Morgan fingerprint density at radius 1 is 1.30 bits per heavy atom. The summed E-state index contributed by atoms with van der Waals surface area (Å²) in [4.78, 5) is 24.0. The van der Waals surface area contributed by atoms with E-state index < -0.39 is 34.1 Å². The topological polar surface area (TPSA) is 128 Å². The van der Waals surface area contributed by atoms with Crippen LogP contribution in [0.25, 0.3) is 0 Å². The van der Waals surface area contributed by atoms with Crippen LogP contribution in [0.2, 0.25) is 0 Å². The highest BCUT2D eigenvalue weighted by Gasteiger charge is 2.36. The van der Waals surface area contributed by atoms with E-state index in [-0.39, 0.29) is 29.8 Å². The number of rotatable bonds is 10. The number of ether oxygens (including phenoxy) is 1. The molecule has 0 unspecified atom stereocenters. The van der Waals surface area contributed by atoms with Crippen molar-refractivity contribution in [3.8, 4) is 0 Å². The van der Waals surface area contributed by atoms with Gasteiger partial charge in [0.05, 0.1) is 24.0 Å². The van der Waals surface area contributed by atoms with Crippen molar-refractivity contribution in [1.29, 1.82) is 0 Å². The van der Waals surface area contributed by atoms with Gasteiger partial charge in [0.1, 0.15) is 0 Å². The predicted molar refractivity (Wildman–Crippen MR) is 104 cm³/mol. The fourth-order valence-corrected chi connectivity index (χ4v) is 4.19. The van der Waals surface area contributed by atoms with E-state index in [1.54, 1.807) is 6.08 Å². The van der Waals surface area contributed by atoms with Gasteiger partial charge in [-0.2, -0.15) is 0 Å². The number of amides is 2. The van der Waals surface area contributed by atoms with Gasteiger partial charge in [-0.3, -0.25) is 9.59 Å². The number of nitrogens with one attached hydrogen (secondary N) is 2. The summed E-state index contributed by atoms with van der Waals surface area (Å²) in [6, 6.07) is -1.03. The van der Waals surface area contributed by atoms with Gasteiger partial charge in [0.2, 0.25) is 15.9 Å². The Morgan fingerprint density at radius 3 is 2.44 bits per heavy atom. The molecule has 2 amide bonds. The number of carbonyl (C=O) groups excluding carboxylic acids is 2. The van der Waals surface area contributed by atoms with Crippen LogP contribution in [0.3, 0.4) is 0 Å². The summed E-state index contributed by atoms with van der Waals surface area (Å²) in [5.41, 5.74) is 6.45. The predicted octanol–water partition coefficient (Wildman–Crippen LogP) is 0.968. The van der Waals surface area contributed by atoms with Gasteiger partial charge in [0.25, 0.3) is 5.91 Å². The molecule has 1 rings (SSSR count). The minimum atomic E-state index is -3.68. The number of nitrogens with two attached hydrogens (primary N) is 1. The Hall–Kier alpha value is -1.45. The summed E-state index contributed by atoms with van der Waals surface area (Å²) in [5, 5.41) is 2.79. The largest absolute Gasteiger partial charge is 0.369 e. The van der Waals surface area contributed by atoms with Crippen molar-refractivity contribution < 1.29 is 22.7 Å². The van der Waals surface area contributed by atoms with Gasteiger partial charge < -0.3 is 15.8 Å². The summed E-state index contributed by atoms with van der Waals surface area (Å²) in [5.74, 6) is -1.02. The zero-order valence-electron chi connectivity index (χ0n) is 16.7. The maximum absolute atomic E-state index is 12.5. The van der Waals surface area contributed by atoms with Crippen LogP contribution in [-0.4, -0.2) is 50.3 Å². The molecule has 0 aromatic carbocycles. The Morgan fingerprint density at radius 2 is 1.93 bits per heavy atom. The van der Waals surface area contributed by atoms with Gasteiger partial charge in [0, 0.05) is 18.5 Å². The third kappa shape index (κ3) is 7.59. The summed E-state index contributed by atoms with van der Waals surface area (Å²) in [7, 11) is -3.68. The number of unbranched alkanes of at least 4 members (excludes halogenated alkanes) is 1. The average molecular weight is 404 g/mol. The lowest BCUT2D eigenvalue weighted by molar-refractivity contribution is -0.121. The van der Waals surface area contributed by atoms with Gasteiger partial charge in [-0.15, -0.1) is 0 Å². The van der Waals surface area contributed by atoms with Crippen molar-refractivity contribution in [3.05, 3.63) is 11.6 Å². The van der Waals surface area contributed by atoms with Crippen molar-refractivity contribution in [2.45, 2.75) is 84.1 Å². The Kier molecular flexibility index (Phi) is 9.41. The Balaban J connectivity index is 3.03. The van der Waals surface area contributed by atoms with E-state index in [2.05, 4.69) is 10.0 Å². The highest BCUT2D eigenvalue weighted by atomic mass is 32.2. The molecule has 0 saturated carbocycles. The minimum absolute atomic E-state index is 0.0505. The van der Waals surface area contributed by atoms with E-state index in [0.29, 0.717) is 12.8 Å². The first-order valence-electron chi connectivity index (χ1n) is 9.57. The van der Waals surface area contributed by atoms with Crippen LogP contribution >= 0.6 is 0 Å². The third-order valence-electron chi connectivity index (χ3n) is 4.57. The highest BCUT2D eigenvalue weighted by Crippen LogP contribution is 2.23. The lowest BCUT2D eigenvalue weighted by atomic mass is 9.88. The molecule has 0 fully saturated rings. The Labute approximate surface area is 162 Å². The average Bonchev–Trinajstić information content (AvgIpc) is 2.59. The normalized spacial score (nSPS) is 23.0. The van der Waals surface area contributed by atoms with Crippen LogP contribution in [-0.2, 0) is 24.3 Å². The first-order chi connectivity index (χ1) is 12.6. The third-order valence-corrected chi connectivity index (χ3v) is 5.90. The number of hydrogen-bond donors (Lipinski definition) is 3. The zero-order valence-corrected chi connectivity index (χ0v) is 17.5. The molecular formula is C18H33N3O5S. The SMILES string of the molecule is CCCCS(=O)(=O)NC(=O)C1=C[C@@H](OC(CC)CC)[C@H](NC(C)=O)[C@@H](N)C1. The number of hydrogen-bond acceptors (Lipinski definition) is 6. The van der Waals surface area contributed by atoms with E-state index in [9.17, 15) is 18.0 Å². The fourth-order valence-electron chi connectivity index (χ4n) is 3.01. The van der Waals surface area contributed by atoms with E-state index in [0.717, 1.165) is 12.8 Å². The van der Waals surface area contributed by atoms with Crippen molar-refractivity contribution in [2.75, 3.05) is 5.75 Å². The van der Waals surface area contributed by atoms with E-state index in [4.69, 9.17) is 10.5 Å². The number of carbonyl (C=O) groups is 2. The molecule has 0 aromatic heterocycles. The monoisotopic (exact) mass is 403 g/mol. The number of sulfonamides is 1. The van der Waals surface area contributed by atoms with Crippen molar-refractivity contribution in [3.63, 3.8) is 0 Å². The molecule has 0 aliphatic heterocycles. The van der Waals surface area contributed by atoms with Crippen LogP contribution in [0.5, 0.6) is 0 Å². The maximum Gasteiger partial charge on any atom is 0.260 e. The van der Waals surface area contributed by atoms with Gasteiger partial charge >= 0.3 is 0 Å². The second-order valence-electron chi connectivity index (χ2n) is 6.93. The molecule has 0 spiro atoms. The molecule has 156 valence electrons. The maximum atomic E-state index is 12.5. The quantitative estimate of drug-likeness (QED) is 0.499. The summed E-state index contributed by atoms with van der Waals surface area (Å²) in [6.45, 7) is 7.25. The lowest BCUT2D eigenvalue weighted by Crippen LogP contribution is -2.57. The van der Waals surface area contributed by atoms with Crippen LogP contribution in [0, 0.1) is 0 Å². The van der Waals surface area contributed by atoms with E-state index in [1.807, 2.05) is 20.8 Å². The molecule has 1 aliphatic carbocycles. The Bertz CT molecular complexity index is 643. The summed E-state index contributed by atoms with van der Waals surface area (Å²) >= 11 is 0. The van der Waals surface area contributed by atoms with Crippen LogP contribution < -0.4 is 15.8 Å². The van der Waals surface area contributed by atoms with Crippen LogP contribution in [0.4, 0.5) is 0 Å². The van der Waals surface area contributed by atoms with Crippen molar-refractivity contribution in [1.82, 2.24) is 10.0 Å². The second-order valence-corrected chi connectivity index (χ2v) is 8.77. The smallest absolute Gasteiger partial charge is 0.260 e. The van der Waals surface area contributed by atoms with Crippen molar-refractivity contribution >= 4 is 21.8 Å². The minimum Gasteiger partial charge on any atom is -0.369 e. The molecule has 0 bridgehead atoms. The molecule has 9 heteroatoms. The molecule has 0 radical (unpaired) electrons. The first kappa shape index (κ1) is 23.6. The summed E-state index contributed by atoms with van der Waals surface area (Å²) < 4.78 is 32.2. The van der Waals surface area contributed by atoms with E-state index >= 15 is 0 Å². The van der Waals surface area contributed by atoms with Crippen LogP contribution in [0.15, 0.2) is 11.6 Å². The summed E-state index contributed by atoms with van der Waals surface area (Å²) in [6.07, 6.45) is 3.84.